The van der Waals surface area contributed by atoms with Gasteiger partial charge in [-0.25, -0.2) is 0 Å². The highest BCUT2D eigenvalue weighted by atomic mass is 35.5. The zero-order valence-corrected chi connectivity index (χ0v) is 54.9. The summed E-state index contributed by atoms with van der Waals surface area (Å²) in [4.78, 5) is 11.5. The van der Waals surface area contributed by atoms with E-state index in [4.69, 9.17) is 9.05 Å². The summed E-state index contributed by atoms with van der Waals surface area (Å²) >= 11 is 0. The molecule has 0 atom stereocenters. The van der Waals surface area contributed by atoms with E-state index in [0.717, 1.165) is 38.5 Å². The van der Waals surface area contributed by atoms with E-state index in [1.165, 1.54) is 292 Å². The molecule has 0 fully saturated rings. The number of unbranched alkanes of at least 4 members (excludes halogenated alkanes) is 34. The number of phosphoric ester groups is 1. The van der Waals surface area contributed by atoms with Crippen molar-refractivity contribution >= 4 is 7.82 Å². The summed E-state index contributed by atoms with van der Waals surface area (Å²) in [5.41, 5.74) is 0. The summed E-state index contributed by atoms with van der Waals surface area (Å²) in [5.74, 6) is 1.41. The van der Waals surface area contributed by atoms with Gasteiger partial charge in [0.25, 0.3) is 7.82 Å². The molecule has 0 aromatic heterocycles. The zero-order valence-electron chi connectivity index (χ0n) is 53.3. The van der Waals surface area contributed by atoms with Crippen LogP contribution < -0.4 is 17.3 Å². The Morgan fingerprint density at radius 2 is 0.486 bits per heavy atom. The predicted molar refractivity (Wildman–Crippen MR) is 328 cm³/mol. The van der Waals surface area contributed by atoms with Crippen molar-refractivity contribution in [1.82, 2.24) is 0 Å². The molecule has 0 aliphatic carbocycles. The lowest BCUT2D eigenvalue weighted by Gasteiger charge is -2.35. The molecule has 0 amide bonds. The lowest BCUT2D eigenvalue weighted by molar-refractivity contribution is -0.910. The first-order valence-corrected chi connectivity index (χ1v) is 34.9. The molecule has 0 N–H and O–H groups in total. The van der Waals surface area contributed by atoms with Crippen LogP contribution in [0.25, 0.3) is 0 Å². The fourth-order valence-electron chi connectivity index (χ4n) is 10.4. The van der Waals surface area contributed by atoms with Crippen LogP contribution in [0.1, 0.15) is 352 Å². The van der Waals surface area contributed by atoms with Crippen molar-refractivity contribution in [3.05, 3.63) is 0 Å². The van der Waals surface area contributed by atoms with Gasteiger partial charge in [0.1, 0.15) is 0 Å². The van der Waals surface area contributed by atoms with Gasteiger partial charge in [-0.05, 0) is 102 Å². The van der Waals surface area contributed by atoms with Crippen LogP contribution in [-0.2, 0) is 13.6 Å². The largest absolute Gasteiger partial charge is 1.00 e. The Hall–Kier alpha value is 0.320. The average Bonchev–Trinajstić information content (AvgIpc) is 3.35. The van der Waals surface area contributed by atoms with Crippen molar-refractivity contribution in [3.8, 4) is 0 Å². The Bertz CT molecular complexity index is 920. The first-order valence-electron chi connectivity index (χ1n) is 33.5. The smallest absolute Gasteiger partial charge is 0.267 e. The molecule has 0 rings (SSSR count). The standard InChI is InChI=1S/2C25H54N.C16H35O4P.ClH/c2*1-5-8-11-14-17-20-23-26(4,24-21-18-15-12-9-6-2)25-22-19-16-13-10-7-3;1-15(2)11-7-5-9-13-19-21(17,18)20-14-10-6-8-12-16(3)4;/h2*5-25H2,1-4H3;15-16H,5-14H2,1-4H3,(H,17,18);1H/q2*+1;;/p-2. The third kappa shape index (κ3) is 66.6. The molecular formula is C66H142ClN2O4P. The normalized spacial score (nSPS) is 12.0. The summed E-state index contributed by atoms with van der Waals surface area (Å²) in [6.07, 6.45) is 59.9. The number of rotatable bonds is 56. The number of phosphoric acid groups is 1. The number of quaternary nitrogens is 2. The SMILES string of the molecule is CC(C)CCCCCOP(=O)([O-])OCCCCCC(C)C.CCCCCCCC[N+](C)(CCCCCCCC)CCCCCCCC.CCCCCCCC[N+](C)(CCCCCCCC)CCCCCCCC.[Cl-]. The van der Waals surface area contributed by atoms with Gasteiger partial charge in [-0.3, -0.25) is 4.57 Å². The molecular weight excluding hydrogens is 951 g/mol. The van der Waals surface area contributed by atoms with Gasteiger partial charge in [-0.15, -0.1) is 0 Å². The highest BCUT2D eigenvalue weighted by molar-refractivity contribution is 7.45. The van der Waals surface area contributed by atoms with Crippen molar-refractivity contribution in [1.29, 1.82) is 0 Å². The van der Waals surface area contributed by atoms with Crippen LogP contribution in [0.2, 0.25) is 0 Å². The Labute approximate surface area is 475 Å². The maximum absolute atomic E-state index is 11.5. The summed E-state index contributed by atoms with van der Waals surface area (Å²) in [5, 5.41) is 0. The molecule has 452 valence electrons. The van der Waals surface area contributed by atoms with E-state index in [2.05, 4.69) is 83.3 Å². The van der Waals surface area contributed by atoms with Crippen LogP contribution in [0.15, 0.2) is 0 Å². The minimum Gasteiger partial charge on any atom is -1.00 e. The van der Waals surface area contributed by atoms with E-state index in [-0.39, 0.29) is 25.6 Å². The molecule has 0 aromatic rings. The summed E-state index contributed by atoms with van der Waals surface area (Å²) in [7, 11) is 1.04. The van der Waals surface area contributed by atoms with Gasteiger partial charge in [-0.1, -0.05) is 262 Å². The van der Waals surface area contributed by atoms with Gasteiger partial charge in [0.2, 0.25) is 0 Å². The molecule has 0 radical (unpaired) electrons. The summed E-state index contributed by atoms with van der Waals surface area (Å²) in [6.45, 7) is 31.7. The highest BCUT2D eigenvalue weighted by Gasteiger charge is 2.21. The van der Waals surface area contributed by atoms with Gasteiger partial charge >= 0.3 is 0 Å². The van der Waals surface area contributed by atoms with E-state index in [1.807, 2.05) is 0 Å². The summed E-state index contributed by atoms with van der Waals surface area (Å²) in [6, 6.07) is 0. The molecule has 8 heteroatoms. The van der Waals surface area contributed by atoms with Crippen molar-refractivity contribution in [2.24, 2.45) is 11.8 Å². The van der Waals surface area contributed by atoms with Gasteiger partial charge in [-0.2, -0.15) is 0 Å². The predicted octanol–water partition coefficient (Wildman–Crippen LogP) is 19.0. The average molecular weight is 1090 g/mol. The first-order chi connectivity index (χ1) is 35.2. The molecule has 0 heterocycles. The fourth-order valence-corrected chi connectivity index (χ4v) is 11.1. The second-order valence-corrected chi connectivity index (χ2v) is 26.2. The zero-order chi connectivity index (χ0) is 54.8. The maximum Gasteiger partial charge on any atom is 0.267 e. The van der Waals surface area contributed by atoms with E-state index in [9.17, 15) is 9.46 Å². The van der Waals surface area contributed by atoms with Crippen LogP contribution >= 0.6 is 7.82 Å². The summed E-state index contributed by atoms with van der Waals surface area (Å²) < 4.78 is 23.9. The van der Waals surface area contributed by atoms with E-state index in [1.54, 1.807) is 0 Å². The van der Waals surface area contributed by atoms with E-state index < -0.39 is 7.82 Å². The Kier molecular flexibility index (Phi) is 68.3. The Balaban J connectivity index is -0.000000497. The first kappa shape index (κ1) is 80.8. The van der Waals surface area contributed by atoms with Gasteiger partial charge in [0.05, 0.1) is 66.6 Å². The number of nitrogens with zero attached hydrogens (tertiary/aromatic N) is 2. The maximum atomic E-state index is 11.5. The third-order valence-electron chi connectivity index (χ3n) is 15.7. The number of hydrogen-bond donors (Lipinski definition) is 0. The third-order valence-corrected chi connectivity index (χ3v) is 16.7. The van der Waals surface area contributed by atoms with Crippen LogP contribution in [-0.4, -0.2) is 75.5 Å². The Morgan fingerprint density at radius 1 is 0.311 bits per heavy atom. The second-order valence-electron chi connectivity index (χ2n) is 24.8. The van der Waals surface area contributed by atoms with E-state index >= 15 is 0 Å². The topological polar surface area (TPSA) is 58.6 Å². The molecule has 0 aromatic carbocycles. The molecule has 74 heavy (non-hydrogen) atoms. The molecule has 0 spiro atoms. The minimum absolute atomic E-state index is 0. The van der Waals surface area contributed by atoms with Crippen molar-refractivity contribution < 1.29 is 39.9 Å². The molecule has 0 saturated heterocycles. The molecule has 0 unspecified atom stereocenters. The van der Waals surface area contributed by atoms with Gasteiger partial charge in [0, 0.05) is 0 Å². The molecule has 0 bridgehead atoms. The van der Waals surface area contributed by atoms with E-state index in [0.29, 0.717) is 11.8 Å². The second kappa shape index (κ2) is 62.5. The number of hydrogen-bond acceptors (Lipinski definition) is 4. The Morgan fingerprint density at radius 3 is 0.676 bits per heavy atom. The molecule has 0 aliphatic rings. The monoisotopic (exact) mass is 1090 g/mol. The lowest BCUT2D eigenvalue weighted by Crippen LogP contribution is -3.00. The fraction of sp³-hybridized carbons (Fsp3) is 1.00. The molecule has 6 nitrogen and oxygen atoms in total. The molecule has 0 saturated carbocycles. The minimum atomic E-state index is -4.08. The van der Waals surface area contributed by atoms with Gasteiger partial charge < -0.3 is 35.3 Å². The number of halogens is 1. The highest BCUT2D eigenvalue weighted by Crippen LogP contribution is 2.38. The quantitative estimate of drug-likeness (QED) is 0.0346. The molecule has 0 aliphatic heterocycles. The van der Waals surface area contributed by atoms with Crippen molar-refractivity contribution in [2.75, 3.05) is 66.6 Å². The van der Waals surface area contributed by atoms with Crippen molar-refractivity contribution in [3.63, 3.8) is 0 Å². The van der Waals surface area contributed by atoms with Crippen LogP contribution in [0.4, 0.5) is 0 Å². The lowest BCUT2D eigenvalue weighted by atomic mass is 10.1. The van der Waals surface area contributed by atoms with Gasteiger partial charge in [0.15, 0.2) is 0 Å². The van der Waals surface area contributed by atoms with Crippen molar-refractivity contribution in [2.45, 2.75) is 352 Å². The van der Waals surface area contributed by atoms with Crippen LogP contribution in [0.5, 0.6) is 0 Å². The van der Waals surface area contributed by atoms with Crippen LogP contribution in [0, 0.1) is 11.8 Å². The van der Waals surface area contributed by atoms with Crippen LogP contribution in [0.3, 0.4) is 0 Å².